The van der Waals surface area contributed by atoms with Gasteiger partial charge in [0.15, 0.2) is 0 Å². The molecule has 2 saturated heterocycles. The van der Waals surface area contributed by atoms with E-state index in [1.54, 1.807) is 0 Å². The fourth-order valence-electron chi connectivity index (χ4n) is 5.63. The molecule has 2 aromatic carbocycles. The van der Waals surface area contributed by atoms with Gasteiger partial charge in [0, 0.05) is 6.54 Å². The summed E-state index contributed by atoms with van der Waals surface area (Å²) < 4.78 is 17.8. The Kier molecular flexibility index (Phi) is 7.76. The molecule has 2 amide bonds. The monoisotopic (exact) mass is 506 g/mol. The first kappa shape index (κ1) is 25.3. The highest BCUT2D eigenvalue weighted by Gasteiger charge is 2.49. The van der Waals surface area contributed by atoms with E-state index in [0.29, 0.717) is 32.6 Å². The highest BCUT2D eigenvalue weighted by Crippen LogP contribution is 2.33. The first-order chi connectivity index (χ1) is 18.0. The Bertz CT molecular complexity index is 1130. The van der Waals surface area contributed by atoms with Crippen molar-refractivity contribution in [1.82, 2.24) is 10.2 Å². The number of carbonyl (C=O) groups is 2. The van der Waals surface area contributed by atoms with Crippen LogP contribution in [0.15, 0.2) is 60.7 Å². The van der Waals surface area contributed by atoms with Gasteiger partial charge in [-0.1, -0.05) is 48.5 Å². The molecular formula is C29H34N2O6. The number of nitrogens with one attached hydrogen (secondary N) is 1. The van der Waals surface area contributed by atoms with Crippen LogP contribution in [0.4, 0.5) is 4.79 Å². The minimum absolute atomic E-state index is 0.00362. The number of hydrogen-bond acceptors (Lipinski definition) is 5. The number of allylic oxidation sites excluding steroid dienone is 1. The fraction of sp³-hybridized carbons (Fsp3) is 0.448. The molecule has 1 spiro atoms. The van der Waals surface area contributed by atoms with Gasteiger partial charge in [-0.15, -0.1) is 0 Å². The second-order valence-corrected chi connectivity index (χ2v) is 10.1. The first-order valence-corrected chi connectivity index (χ1v) is 13.0. The molecular weight excluding hydrogens is 472 g/mol. The summed E-state index contributed by atoms with van der Waals surface area (Å²) in [6.07, 6.45) is 5.02. The molecule has 2 heterocycles. The molecule has 196 valence electrons. The van der Waals surface area contributed by atoms with Crippen molar-refractivity contribution in [2.45, 2.75) is 56.4 Å². The van der Waals surface area contributed by atoms with Crippen molar-refractivity contribution in [3.05, 3.63) is 71.8 Å². The first-order valence-electron chi connectivity index (χ1n) is 13.0. The smallest absolute Gasteiger partial charge is 0.407 e. The van der Waals surface area contributed by atoms with Crippen LogP contribution in [0.5, 0.6) is 5.75 Å². The number of amides is 2. The number of carboxylic acid groups (broad SMARTS) is 1. The van der Waals surface area contributed by atoms with E-state index >= 15 is 0 Å². The molecule has 0 radical (unpaired) electrons. The maximum absolute atomic E-state index is 12.1. The van der Waals surface area contributed by atoms with Gasteiger partial charge in [-0.3, -0.25) is 4.79 Å². The summed E-state index contributed by atoms with van der Waals surface area (Å²) in [5.74, 6) is 0.637. The summed E-state index contributed by atoms with van der Waals surface area (Å²) in [6.45, 7) is 1.50. The lowest BCUT2D eigenvalue weighted by atomic mass is 9.81. The number of ether oxygens (including phenoxy) is 3. The van der Waals surface area contributed by atoms with Gasteiger partial charge >= 0.3 is 6.09 Å². The third-order valence-corrected chi connectivity index (χ3v) is 7.57. The van der Waals surface area contributed by atoms with Crippen LogP contribution in [-0.4, -0.2) is 66.1 Å². The number of morpholine rings is 1. The lowest BCUT2D eigenvalue weighted by Crippen LogP contribution is -2.71. The molecule has 0 aromatic heterocycles. The van der Waals surface area contributed by atoms with Crippen molar-refractivity contribution in [3.8, 4) is 5.75 Å². The van der Waals surface area contributed by atoms with E-state index in [0.717, 1.165) is 36.1 Å². The quantitative estimate of drug-likeness (QED) is 0.583. The van der Waals surface area contributed by atoms with Gasteiger partial charge in [0.2, 0.25) is 5.91 Å². The van der Waals surface area contributed by atoms with E-state index in [2.05, 4.69) is 23.5 Å². The minimum atomic E-state index is -0.993. The Hall–Kier alpha value is -3.36. The molecule has 3 aliphatic rings. The predicted molar refractivity (Wildman–Crippen MR) is 138 cm³/mol. The second kappa shape index (κ2) is 11.4. The van der Waals surface area contributed by atoms with E-state index in [1.807, 2.05) is 42.5 Å². The fourth-order valence-corrected chi connectivity index (χ4v) is 5.63. The third-order valence-electron chi connectivity index (χ3n) is 7.57. The Morgan fingerprint density at radius 2 is 2.05 bits per heavy atom. The Balaban J connectivity index is 1.20. The minimum Gasteiger partial charge on any atom is -0.489 e. The van der Waals surface area contributed by atoms with E-state index in [9.17, 15) is 14.7 Å². The maximum atomic E-state index is 12.1. The van der Waals surface area contributed by atoms with Crippen LogP contribution in [0.1, 0.15) is 43.2 Å². The molecule has 3 atom stereocenters. The highest BCUT2D eigenvalue weighted by atomic mass is 16.5. The molecule has 8 nitrogen and oxygen atoms in total. The topological polar surface area (TPSA) is 97.3 Å². The molecule has 37 heavy (non-hydrogen) atoms. The van der Waals surface area contributed by atoms with Gasteiger partial charge in [-0.05, 0) is 60.9 Å². The van der Waals surface area contributed by atoms with E-state index in [4.69, 9.17) is 14.2 Å². The average molecular weight is 507 g/mol. The molecule has 2 aliphatic heterocycles. The van der Waals surface area contributed by atoms with Crippen molar-refractivity contribution in [3.63, 3.8) is 0 Å². The summed E-state index contributed by atoms with van der Waals surface area (Å²) in [6, 6.07) is 17.8. The zero-order valence-corrected chi connectivity index (χ0v) is 20.9. The van der Waals surface area contributed by atoms with Crippen LogP contribution in [0.3, 0.4) is 0 Å². The van der Waals surface area contributed by atoms with E-state index < -0.39 is 17.7 Å². The number of likely N-dealkylation sites (tertiary alicyclic amines) is 1. The number of benzene rings is 2. The SMILES string of the molecule is O=C1COCC2(CCCN(C(=O)O)C2COC2CC=C(c3cccc(OCc4ccccc4)c3)CC2)N1. The van der Waals surface area contributed by atoms with E-state index in [-0.39, 0.29) is 25.2 Å². The average Bonchev–Trinajstić information content (AvgIpc) is 2.92. The summed E-state index contributed by atoms with van der Waals surface area (Å²) in [4.78, 5) is 25.5. The number of carbonyl (C=O) groups excluding carboxylic acids is 1. The van der Waals surface area contributed by atoms with Crippen LogP contribution in [0, 0.1) is 0 Å². The van der Waals surface area contributed by atoms with Crippen LogP contribution >= 0.6 is 0 Å². The zero-order chi connectivity index (χ0) is 25.7. The normalized spacial score (nSPS) is 25.9. The van der Waals surface area contributed by atoms with Crippen LogP contribution < -0.4 is 10.1 Å². The van der Waals surface area contributed by atoms with Gasteiger partial charge in [-0.2, -0.15) is 0 Å². The third kappa shape index (κ3) is 5.97. The molecule has 8 heteroatoms. The summed E-state index contributed by atoms with van der Waals surface area (Å²) in [7, 11) is 0. The Labute approximate surface area is 217 Å². The van der Waals surface area contributed by atoms with Crippen molar-refractivity contribution >= 4 is 17.6 Å². The van der Waals surface area contributed by atoms with Crippen LogP contribution in [-0.2, 0) is 20.9 Å². The Morgan fingerprint density at radius 1 is 1.19 bits per heavy atom. The Morgan fingerprint density at radius 3 is 2.81 bits per heavy atom. The standard InChI is InChI=1S/C29H34N2O6/c32-27-19-35-20-29(30-27)14-5-15-31(28(33)34)26(29)18-37-24-12-10-22(11-13-24)23-8-4-9-25(16-23)36-17-21-6-2-1-3-7-21/h1-4,6-10,16,24,26H,5,11-15,17-20H2,(H,30,32)(H,33,34). The van der Waals surface area contributed by atoms with Crippen molar-refractivity contribution in [2.24, 2.45) is 0 Å². The van der Waals surface area contributed by atoms with Gasteiger partial charge in [-0.25, -0.2) is 4.79 Å². The van der Waals surface area contributed by atoms with Gasteiger partial charge in [0.1, 0.15) is 19.0 Å². The molecule has 3 unspecified atom stereocenters. The largest absolute Gasteiger partial charge is 0.489 e. The van der Waals surface area contributed by atoms with Gasteiger partial charge in [0.25, 0.3) is 0 Å². The van der Waals surface area contributed by atoms with Crippen molar-refractivity contribution in [2.75, 3.05) is 26.4 Å². The molecule has 0 saturated carbocycles. The summed E-state index contributed by atoms with van der Waals surface area (Å²) in [5.41, 5.74) is 2.81. The molecule has 2 aromatic rings. The number of piperidine rings is 1. The maximum Gasteiger partial charge on any atom is 0.407 e. The van der Waals surface area contributed by atoms with Gasteiger partial charge in [0.05, 0.1) is 30.9 Å². The number of nitrogens with zero attached hydrogens (tertiary/aromatic N) is 1. The van der Waals surface area contributed by atoms with Crippen LogP contribution in [0.25, 0.3) is 5.57 Å². The van der Waals surface area contributed by atoms with Crippen molar-refractivity contribution in [1.29, 1.82) is 0 Å². The molecule has 2 N–H and O–H groups in total. The van der Waals surface area contributed by atoms with E-state index in [1.165, 1.54) is 10.5 Å². The second-order valence-electron chi connectivity index (χ2n) is 10.1. The molecule has 2 fully saturated rings. The lowest BCUT2D eigenvalue weighted by molar-refractivity contribution is -0.143. The molecule has 0 bridgehead atoms. The summed E-state index contributed by atoms with van der Waals surface area (Å²) >= 11 is 0. The number of rotatable bonds is 7. The van der Waals surface area contributed by atoms with Crippen LogP contribution in [0.2, 0.25) is 0 Å². The predicted octanol–water partition coefficient (Wildman–Crippen LogP) is 4.25. The van der Waals surface area contributed by atoms with Crippen molar-refractivity contribution < 1.29 is 28.9 Å². The lowest BCUT2D eigenvalue weighted by Gasteiger charge is -2.50. The number of hydrogen-bond donors (Lipinski definition) is 2. The highest BCUT2D eigenvalue weighted by molar-refractivity contribution is 5.79. The zero-order valence-electron chi connectivity index (χ0n) is 20.9. The molecule has 5 rings (SSSR count). The summed E-state index contributed by atoms with van der Waals surface area (Å²) in [5, 5.41) is 12.8. The van der Waals surface area contributed by atoms with Gasteiger partial charge < -0.3 is 29.5 Å². The molecule has 1 aliphatic carbocycles.